The normalized spacial score (nSPS) is 17.6. The van der Waals surface area contributed by atoms with Crippen LogP contribution < -0.4 is 0 Å². The van der Waals surface area contributed by atoms with Gasteiger partial charge in [-0.05, 0) is 29.5 Å². The Morgan fingerprint density at radius 1 is 1.09 bits per heavy atom. The van der Waals surface area contributed by atoms with Crippen LogP contribution in [0.4, 0.5) is 4.79 Å². The Kier molecular flexibility index (Phi) is 3.98. The molecule has 2 amide bonds. The molecule has 0 bridgehead atoms. The minimum atomic E-state index is -1.21. The molecule has 0 radical (unpaired) electrons. The van der Waals surface area contributed by atoms with E-state index >= 15 is 0 Å². The summed E-state index contributed by atoms with van der Waals surface area (Å²) in [5.41, 5.74) is 3.61. The monoisotopic (exact) mass is 307 g/mol. The van der Waals surface area contributed by atoms with Crippen molar-refractivity contribution in [1.82, 2.24) is 4.90 Å². The van der Waals surface area contributed by atoms with Crippen molar-refractivity contribution in [1.29, 1.82) is 0 Å². The number of amides is 2. The first-order valence-corrected chi connectivity index (χ1v) is 7.45. The maximum Gasteiger partial charge on any atom is 0.414 e. The molecule has 1 aliphatic heterocycles. The standard InChI is InChI=1S/C19H17NO3/c1-13-11-17(20(18(13)21)19(22)23)12-14-7-9-16(10-8-14)15-5-3-2-4-6-15/h2-10,17H,1,11-12H2,(H,22,23). The summed E-state index contributed by atoms with van der Waals surface area (Å²) in [6, 6.07) is 17.7. The topological polar surface area (TPSA) is 57.6 Å². The van der Waals surface area contributed by atoms with E-state index in [1.54, 1.807) is 0 Å². The first kappa shape index (κ1) is 15.0. The van der Waals surface area contributed by atoms with Crippen molar-refractivity contribution < 1.29 is 14.7 Å². The second kappa shape index (κ2) is 6.08. The van der Waals surface area contributed by atoms with Crippen LogP contribution in [0.25, 0.3) is 11.1 Å². The Labute approximate surface area is 134 Å². The average Bonchev–Trinajstić information content (AvgIpc) is 2.83. The molecule has 1 atom stereocenters. The summed E-state index contributed by atoms with van der Waals surface area (Å²) in [7, 11) is 0. The lowest BCUT2D eigenvalue weighted by Crippen LogP contribution is -2.38. The van der Waals surface area contributed by atoms with Crippen molar-refractivity contribution in [3.05, 3.63) is 72.3 Å². The highest BCUT2D eigenvalue weighted by atomic mass is 16.4. The molecule has 0 saturated carbocycles. The molecule has 2 aromatic carbocycles. The number of carbonyl (C=O) groups excluding carboxylic acids is 1. The van der Waals surface area contributed by atoms with E-state index < -0.39 is 12.0 Å². The Morgan fingerprint density at radius 2 is 1.70 bits per heavy atom. The van der Waals surface area contributed by atoms with Gasteiger partial charge in [0.2, 0.25) is 0 Å². The van der Waals surface area contributed by atoms with Crippen LogP contribution in [0.15, 0.2) is 66.7 Å². The second-order valence-electron chi connectivity index (χ2n) is 5.69. The third kappa shape index (κ3) is 3.01. The van der Waals surface area contributed by atoms with Gasteiger partial charge in [0.05, 0.1) is 6.04 Å². The third-order valence-corrected chi connectivity index (χ3v) is 4.11. The summed E-state index contributed by atoms with van der Waals surface area (Å²) in [6.07, 6.45) is -0.308. The molecule has 4 nitrogen and oxygen atoms in total. The summed E-state index contributed by atoms with van der Waals surface area (Å²) in [4.78, 5) is 24.0. The quantitative estimate of drug-likeness (QED) is 0.879. The fourth-order valence-electron chi connectivity index (χ4n) is 2.94. The molecular formula is C19H17NO3. The number of nitrogens with zero attached hydrogens (tertiary/aromatic N) is 1. The molecule has 1 aliphatic rings. The predicted octanol–water partition coefficient (Wildman–Crippen LogP) is 3.73. The lowest BCUT2D eigenvalue weighted by Gasteiger charge is -2.19. The number of hydrogen-bond donors (Lipinski definition) is 1. The van der Waals surface area contributed by atoms with Crippen LogP contribution in [-0.4, -0.2) is 28.0 Å². The molecule has 4 heteroatoms. The van der Waals surface area contributed by atoms with Crippen LogP contribution in [-0.2, 0) is 11.2 Å². The second-order valence-corrected chi connectivity index (χ2v) is 5.69. The van der Waals surface area contributed by atoms with Crippen LogP contribution in [0.5, 0.6) is 0 Å². The van der Waals surface area contributed by atoms with Gasteiger partial charge in [-0.25, -0.2) is 9.69 Å². The molecule has 1 N–H and O–H groups in total. The first-order chi connectivity index (χ1) is 11.1. The fourth-order valence-corrected chi connectivity index (χ4v) is 2.94. The highest BCUT2D eigenvalue weighted by molar-refractivity contribution is 6.04. The first-order valence-electron chi connectivity index (χ1n) is 7.45. The lowest BCUT2D eigenvalue weighted by atomic mass is 9.99. The SMILES string of the molecule is C=C1CC(Cc2ccc(-c3ccccc3)cc2)N(C(=O)O)C1=O. The van der Waals surface area contributed by atoms with Gasteiger partial charge >= 0.3 is 6.09 Å². The van der Waals surface area contributed by atoms with Crippen LogP contribution in [0.1, 0.15) is 12.0 Å². The Bertz CT molecular complexity index is 750. The summed E-state index contributed by atoms with van der Waals surface area (Å²) in [5.74, 6) is -0.483. The van der Waals surface area contributed by atoms with Gasteiger partial charge in [0.1, 0.15) is 0 Å². The van der Waals surface area contributed by atoms with Crippen LogP contribution in [0.3, 0.4) is 0 Å². The molecule has 1 fully saturated rings. The molecule has 1 saturated heterocycles. The van der Waals surface area contributed by atoms with Crippen molar-refractivity contribution in [3.8, 4) is 11.1 Å². The molecule has 2 aromatic rings. The zero-order chi connectivity index (χ0) is 16.4. The highest BCUT2D eigenvalue weighted by Crippen LogP contribution is 2.27. The van der Waals surface area contributed by atoms with Crippen molar-refractivity contribution in [3.63, 3.8) is 0 Å². The molecule has 1 unspecified atom stereocenters. The number of carbonyl (C=O) groups is 2. The van der Waals surface area contributed by atoms with Gasteiger partial charge in [-0.2, -0.15) is 0 Å². The Balaban J connectivity index is 1.77. The molecule has 0 aliphatic carbocycles. The molecule has 23 heavy (non-hydrogen) atoms. The van der Waals surface area contributed by atoms with Gasteiger partial charge in [0.25, 0.3) is 5.91 Å². The largest absolute Gasteiger partial charge is 0.465 e. The number of imide groups is 1. The lowest BCUT2D eigenvalue weighted by molar-refractivity contribution is -0.124. The highest BCUT2D eigenvalue weighted by Gasteiger charge is 2.38. The maximum atomic E-state index is 11.8. The van der Waals surface area contributed by atoms with Gasteiger partial charge in [0, 0.05) is 5.57 Å². The Hall–Kier alpha value is -2.88. The zero-order valence-corrected chi connectivity index (χ0v) is 12.6. The summed E-state index contributed by atoms with van der Waals surface area (Å²) < 4.78 is 0. The van der Waals surface area contributed by atoms with Crippen molar-refractivity contribution in [2.24, 2.45) is 0 Å². The van der Waals surface area contributed by atoms with Gasteiger partial charge in [0.15, 0.2) is 0 Å². The van der Waals surface area contributed by atoms with E-state index in [1.807, 2.05) is 54.6 Å². The number of hydrogen-bond acceptors (Lipinski definition) is 2. The van der Waals surface area contributed by atoms with Crippen LogP contribution in [0, 0.1) is 0 Å². The van der Waals surface area contributed by atoms with Crippen molar-refractivity contribution in [2.75, 3.05) is 0 Å². The van der Waals surface area contributed by atoms with Gasteiger partial charge in [-0.15, -0.1) is 0 Å². The van der Waals surface area contributed by atoms with Crippen molar-refractivity contribution >= 4 is 12.0 Å². The molecule has 1 heterocycles. The van der Waals surface area contributed by atoms with Gasteiger partial charge in [-0.1, -0.05) is 61.2 Å². The zero-order valence-electron chi connectivity index (χ0n) is 12.6. The summed E-state index contributed by atoms with van der Waals surface area (Å²) in [5, 5.41) is 9.21. The third-order valence-electron chi connectivity index (χ3n) is 4.11. The summed E-state index contributed by atoms with van der Waals surface area (Å²) >= 11 is 0. The minimum absolute atomic E-state index is 0.360. The molecule has 116 valence electrons. The minimum Gasteiger partial charge on any atom is -0.465 e. The molecule has 3 rings (SSSR count). The fraction of sp³-hybridized carbons (Fsp3) is 0.158. The summed E-state index contributed by atoms with van der Waals surface area (Å²) in [6.45, 7) is 3.66. The van der Waals surface area contributed by atoms with Gasteiger partial charge < -0.3 is 5.11 Å². The molecular weight excluding hydrogens is 290 g/mol. The van der Waals surface area contributed by atoms with Crippen molar-refractivity contribution in [2.45, 2.75) is 18.9 Å². The number of likely N-dealkylation sites (tertiary alicyclic amines) is 1. The van der Waals surface area contributed by atoms with E-state index in [1.165, 1.54) is 0 Å². The van der Waals surface area contributed by atoms with E-state index in [-0.39, 0.29) is 6.04 Å². The number of benzene rings is 2. The van der Waals surface area contributed by atoms with Crippen LogP contribution in [0.2, 0.25) is 0 Å². The Morgan fingerprint density at radius 3 is 2.30 bits per heavy atom. The molecule has 0 aromatic heterocycles. The van der Waals surface area contributed by atoms with E-state index in [0.29, 0.717) is 18.4 Å². The van der Waals surface area contributed by atoms with E-state index in [2.05, 4.69) is 6.58 Å². The maximum absolute atomic E-state index is 11.8. The average molecular weight is 307 g/mol. The van der Waals surface area contributed by atoms with E-state index in [4.69, 9.17) is 0 Å². The number of rotatable bonds is 3. The van der Waals surface area contributed by atoms with E-state index in [9.17, 15) is 14.7 Å². The number of carboxylic acid groups (broad SMARTS) is 1. The smallest absolute Gasteiger partial charge is 0.414 e. The molecule has 0 spiro atoms. The van der Waals surface area contributed by atoms with Gasteiger partial charge in [-0.3, -0.25) is 4.79 Å². The van der Waals surface area contributed by atoms with E-state index in [0.717, 1.165) is 21.6 Å². The van der Waals surface area contributed by atoms with Crippen LogP contribution >= 0.6 is 0 Å². The predicted molar refractivity (Wildman–Crippen MR) is 88.0 cm³/mol.